The fourth-order valence-corrected chi connectivity index (χ4v) is 1.91. The smallest absolute Gasteiger partial charge is 0.326 e. The van der Waals surface area contributed by atoms with Gasteiger partial charge in [0.1, 0.15) is 6.04 Å². The topological polar surface area (TPSA) is 40.5 Å². The van der Waals surface area contributed by atoms with Crippen LogP contribution in [0, 0.1) is 3.57 Å². The van der Waals surface area contributed by atoms with Gasteiger partial charge in [-0.05, 0) is 60.2 Å². The molecule has 3 nitrogen and oxygen atoms in total. The van der Waals surface area contributed by atoms with Crippen LogP contribution in [0.4, 0.5) is 5.69 Å². The van der Waals surface area contributed by atoms with Crippen molar-refractivity contribution in [3.05, 3.63) is 27.8 Å². The van der Waals surface area contributed by atoms with E-state index >= 15 is 0 Å². The quantitative estimate of drug-likeness (QED) is 0.843. The van der Waals surface area contributed by atoms with Crippen LogP contribution in [0.15, 0.2) is 24.3 Å². The summed E-state index contributed by atoms with van der Waals surface area (Å²) in [6.45, 7) is 4.53. The van der Waals surface area contributed by atoms with Crippen molar-refractivity contribution in [3.8, 4) is 0 Å². The minimum Gasteiger partial charge on any atom is -0.480 e. The molecule has 0 aliphatic rings. The van der Waals surface area contributed by atoms with E-state index in [-0.39, 0.29) is 0 Å². The van der Waals surface area contributed by atoms with Gasteiger partial charge in [0.25, 0.3) is 0 Å². The number of halogens is 1. The number of nitrogens with zero attached hydrogens (tertiary/aromatic N) is 1. The third kappa shape index (κ3) is 3.37. The van der Waals surface area contributed by atoms with E-state index in [2.05, 4.69) is 22.6 Å². The highest BCUT2D eigenvalue weighted by atomic mass is 127. The van der Waals surface area contributed by atoms with E-state index in [1.807, 2.05) is 36.1 Å². The molecule has 0 radical (unpaired) electrons. The Bertz CT molecular complexity index is 351. The van der Waals surface area contributed by atoms with Crippen LogP contribution in [0.3, 0.4) is 0 Å². The minimum absolute atomic E-state index is 0.486. The molecule has 0 saturated heterocycles. The minimum atomic E-state index is -0.785. The molecule has 0 spiro atoms. The molecule has 1 aromatic rings. The van der Waals surface area contributed by atoms with Crippen molar-refractivity contribution in [2.24, 2.45) is 0 Å². The Hall–Kier alpha value is -0.780. The number of carboxylic acids is 1. The molecule has 0 aliphatic heterocycles. The molecule has 1 atom stereocenters. The van der Waals surface area contributed by atoms with Crippen LogP contribution in [0.2, 0.25) is 0 Å². The molecule has 0 amide bonds. The average molecular weight is 333 g/mol. The SMILES string of the molecule is CCCN(c1ccc(I)cc1)[C@@H](C)C(=O)O. The molecule has 1 rings (SSSR count). The summed E-state index contributed by atoms with van der Waals surface area (Å²) in [5, 5.41) is 9.05. The van der Waals surface area contributed by atoms with Gasteiger partial charge in [0, 0.05) is 15.8 Å². The van der Waals surface area contributed by atoms with Crippen LogP contribution in [0.25, 0.3) is 0 Å². The van der Waals surface area contributed by atoms with Gasteiger partial charge in [0.05, 0.1) is 0 Å². The summed E-state index contributed by atoms with van der Waals surface area (Å²) in [5.74, 6) is -0.785. The van der Waals surface area contributed by atoms with E-state index in [1.54, 1.807) is 6.92 Å². The van der Waals surface area contributed by atoms with Crippen molar-refractivity contribution in [1.82, 2.24) is 0 Å². The van der Waals surface area contributed by atoms with Gasteiger partial charge < -0.3 is 10.0 Å². The normalized spacial score (nSPS) is 12.2. The van der Waals surface area contributed by atoms with E-state index in [0.29, 0.717) is 0 Å². The maximum atomic E-state index is 11.0. The molecule has 0 fully saturated rings. The molecule has 0 bridgehead atoms. The molecule has 0 aromatic heterocycles. The molecular formula is C12H16INO2. The number of carboxylic acid groups (broad SMARTS) is 1. The van der Waals surface area contributed by atoms with Gasteiger partial charge in [-0.1, -0.05) is 6.92 Å². The fourth-order valence-electron chi connectivity index (χ4n) is 1.55. The molecule has 0 unspecified atom stereocenters. The van der Waals surface area contributed by atoms with Crippen LogP contribution in [0.1, 0.15) is 20.3 Å². The first kappa shape index (κ1) is 13.3. The second-order valence-electron chi connectivity index (χ2n) is 3.68. The van der Waals surface area contributed by atoms with Gasteiger partial charge in [-0.2, -0.15) is 0 Å². The van der Waals surface area contributed by atoms with E-state index in [1.165, 1.54) is 0 Å². The van der Waals surface area contributed by atoms with Crippen molar-refractivity contribution in [3.63, 3.8) is 0 Å². The first-order chi connectivity index (χ1) is 7.56. The second-order valence-corrected chi connectivity index (χ2v) is 4.93. The Labute approximate surface area is 110 Å². The summed E-state index contributed by atoms with van der Waals surface area (Å²) in [6.07, 6.45) is 0.934. The van der Waals surface area contributed by atoms with Gasteiger partial charge in [0.15, 0.2) is 0 Å². The van der Waals surface area contributed by atoms with Crippen molar-refractivity contribution < 1.29 is 9.90 Å². The van der Waals surface area contributed by atoms with Crippen LogP contribution in [-0.2, 0) is 4.79 Å². The third-order valence-corrected chi connectivity index (χ3v) is 3.17. The molecule has 1 N–H and O–H groups in total. The highest BCUT2D eigenvalue weighted by Crippen LogP contribution is 2.19. The zero-order valence-corrected chi connectivity index (χ0v) is 11.6. The summed E-state index contributed by atoms with van der Waals surface area (Å²) >= 11 is 2.24. The maximum Gasteiger partial charge on any atom is 0.326 e. The fraction of sp³-hybridized carbons (Fsp3) is 0.417. The number of hydrogen-bond acceptors (Lipinski definition) is 2. The van der Waals surface area contributed by atoms with Gasteiger partial charge in [0.2, 0.25) is 0 Å². The first-order valence-electron chi connectivity index (χ1n) is 5.31. The summed E-state index contributed by atoms with van der Waals surface area (Å²) in [7, 11) is 0. The summed E-state index contributed by atoms with van der Waals surface area (Å²) in [4.78, 5) is 12.9. The number of anilines is 1. The number of rotatable bonds is 5. The highest BCUT2D eigenvalue weighted by molar-refractivity contribution is 14.1. The Kier molecular flexibility index (Phi) is 5.05. The third-order valence-electron chi connectivity index (χ3n) is 2.45. The maximum absolute atomic E-state index is 11.0. The number of benzene rings is 1. The highest BCUT2D eigenvalue weighted by Gasteiger charge is 2.19. The van der Waals surface area contributed by atoms with E-state index < -0.39 is 12.0 Å². The van der Waals surface area contributed by atoms with Crippen molar-refractivity contribution in [1.29, 1.82) is 0 Å². The van der Waals surface area contributed by atoms with Crippen LogP contribution >= 0.6 is 22.6 Å². The lowest BCUT2D eigenvalue weighted by atomic mass is 10.2. The largest absolute Gasteiger partial charge is 0.480 e. The second kappa shape index (κ2) is 6.08. The summed E-state index contributed by atoms with van der Waals surface area (Å²) in [5.41, 5.74) is 0.970. The van der Waals surface area contributed by atoms with Crippen molar-refractivity contribution >= 4 is 34.2 Å². The van der Waals surface area contributed by atoms with Gasteiger partial charge in [-0.3, -0.25) is 0 Å². The van der Waals surface area contributed by atoms with E-state index in [4.69, 9.17) is 5.11 Å². The van der Waals surface area contributed by atoms with Gasteiger partial charge in [-0.25, -0.2) is 4.79 Å². The van der Waals surface area contributed by atoms with Crippen LogP contribution < -0.4 is 4.90 Å². The predicted molar refractivity (Wildman–Crippen MR) is 73.9 cm³/mol. The number of aliphatic carboxylic acids is 1. The lowest BCUT2D eigenvalue weighted by molar-refractivity contribution is -0.138. The van der Waals surface area contributed by atoms with Gasteiger partial charge >= 0.3 is 5.97 Å². The van der Waals surface area contributed by atoms with Gasteiger partial charge in [-0.15, -0.1) is 0 Å². The summed E-state index contributed by atoms with van der Waals surface area (Å²) < 4.78 is 1.15. The molecule has 4 heteroatoms. The van der Waals surface area contributed by atoms with Crippen LogP contribution in [0.5, 0.6) is 0 Å². The lowest BCUT2D eigenvalue weighted by Crippen LogP contribution is -2.39. The number of hydrogen-bond donors (Lipinski definition) is 1. The monoisotopic (exact) mass is 333 g/mol. The zero-order valence-electron chi connectivity index (χ0n) is 9.48. The Morgan fingerprint density at radius 1 is 1.44 bits per heavy atom. The van der Waals surface area contributed by atoms with E-state index in [9.17, 15) is 4.79 Å². The van der Waals surface area contributed by atoms with E-state index in [0.717, 1.165) is 22.2 Å². The molecule has 0 aliphatic carbocycles. The molecule has 0 saturated carbocycles. The molecular weight excluding hydrogens is 317 g/mol. The Balaban J connectivity index is 2.92. The lowest BCUT2D eigenvalue weighted by Gasteiger charge is -2.28. The molecule has 88 valence electrons. The van der Waals surface area contributed by atoms with Crippen molar-refractivity contribution in [2.75, 3.05) is 11.4 Å². The zero-order chi connectivity index (χ0) is 12.1. The standard InChI is InChI=1S/C12H16INO2/c1-3-8-14(9(2)12(15)16)11-6-4-10(13)5-7-11/h4-7,9H,3,8H2,1-2H3,(H,15,16)/t9-/m0/s1. The van der Waals surface area contributed by atoms with Crippen LogP contribution in [-0.4, -0.2) is 23.7 Å². The first-order valence-corrected chi connectivity index (χ1v) is 6.39. The molecule has 16 heavy (non-hydrogen) atoms. The number of carbonyl (C=O) groups is 1. The Morgan fingerprint density at radius 3 is 2.44 bits per heavy atom. The molecule has 1 aromatic carbocycles. The van der Waals surface area contributed by atoms with Crippen molar-refractivity contribution in [2.45, 2.75) is 26.3 Å². The average Bonchev–Trinajstić information content (AvgIpc) is 2.26. The molecule has 0 heterocycles. The summed E-state index contributed by atoms with van der Waals surface area (Å²) in [6, 6.07) is 7.44. The predicted octanol–water partition coefficient (Wildman–Crippen LogP) is 2.98. The Morgan fingerprint density at radius 2 is 2.00 bits per heavy atom.